The molecule has 5 rings (SSSR count). The van der Waals surface area contributed by atoms with Crippen molar-refractivity contribution in [3.63, 3.8) is 0 Å². The summed E-state index contributed by atoms with van der Waals surface area (Å²) in [7, 11) is 0. The van der Waals surface area contributed by atoms with Crippen molar-refractivity contribution < 1.29 is 0 Å². The zero-order chi connectivity index (χ0) is 13.7. The normalized spacial score (nSPS) is 28.9. The van der Waals surface area contributed by atoms with Crippen LogP contribution >= 0.6 is 11.3 Å². The molecular formula is C15H20N4S. The van der Waals surface area contributed by atoms with Crippen molar-refractivity contribution in [2.24, 2.45) is 5.92 Å². The molecule has 0 aliphatic carbocycles. The number of rotatable bonds is 2. The number of fused-ring (bicyclic) bond motifs is 4. The Bertz CT molecular complexity index is 643. The van der Waals surface area contributed by atoms with Gasteiger partial charge in [-0.15, -0.1) is 11.3 Å². The Balaban J connectivity index is 1.63. The largest absolute Gasteiger partial charge is 0.397 e. The average Bonchev–Trinajstić information content (AvgIpc) is 2.80. The number of nitrogens with zero attached hydrogens (tertiary/aromatic N) is 2. The molecule has 1 atom stereocenters. The van der Waals surface area contributed by atoms with Crippen LogP contribution in [0.3, 0.4) is 0 Å². The van der Waals surface area contributed by atoms with E-state index in [0.717, 1.165) is 34.4 Å². The van der Waals surface area contributed by atoms with Crippen molar-refractivity contribution in [3.8, 4) is 0 Å². The van der Waals surface area contributed by atoms with Crippen LogP contribution in [0, 0.1) is 12.8 Å². The maximum atomic E-state index is 6.21. The Morgan fingerprint density at radius 1 is 1.35 bits per heavy atom. The van der Waals surface area contributed by atoms with Crippen molar-refractivity contribution in [3.05, 3.63) is 17.1 Å². The maximum Gasteiger partial charge on any atom is 0.0907 e. The van der Waals surface area contributed by atoms with Gasteiger partial charge in [-0.25, -0.2) is 4.98 Å². The number of piperidine rings is 3. The van der Waals surface area contributed by atoms with E-state index in [1.54, 1.807) is 11.3 Å². The SMILES string of the molecule is Cc1nc2cc(NC3CN4CCC3CC4)c(N)cc2s1. The average molecular weight is 288 g/mol. The molecule has 3 N–H and O–H groups in total. The number of anilines is 2. The van der Waals surface area contributed by atoms with Crippen LogP contribution in [0.15, 0.2) is 12.1 Å². The van der Waals surface area contributed by atoms with Gasteiger partial charge >= 0.3 is 0 Å². The van der Waals surface area contributed by atoms with E-state index in [0.29, 0.717) is 6.04 Å². The Labute approximate surface area is 123 Å². The van der Waals surface area contributed by atoms with Gasteiger partial charge in [0.1, 0.15) is 0 Å². The standard InChI is InChI=1S/C15H20N4S/c1-9-17-13-7-12(11(16)6-15(13)20-9)18-14-8-19-4-2-10(14)3-5-19/h6-7,10,14,18H,2-5,8,16H2,1H3. The molecule has 3 fully saturated rings. The van der Waals surface area contributed by atoms with E-state index in [-0.39, 0.29) is 0 Å². The third kappa shape index (κ3) is 2.05. The van der Waals surface area contributed by atoms with E-state index in [1.807, 2.05) is 6.92 Å². The Kier molecular flexibility index (Phi) is 2.86. The van der Waals surface area contributed by atoms with E-state index in [1.165, 1.54) is 30.6 Å². The first-order valence-corrected chi connectivity index (χ1v) is 8.16. The molecule has 106 valence electrons. The molecule has 0 saturated carbocycles. The number of aromatic nitrogens is 1. The zero-order valence-corrected chi connectivity index (χ0v) is 12.5. The number of hydrogen-bond acceptors (Lipinski definition) is 5. The zero-order valence-electron chi connectivity index (χ0n) is 11.7. The fraction of sp³-hybridized carbons (Fsp3) is 0.533. The molecule has 4 nitrogen and oxygen atoms in total. The summed E-state index contributed by atoms with van der Waals surface area (Å²) >= 11 is 1.71. The minimum absolute atomic E-state index is 0.539. The van der Waals surface area contributed by atoms with Gasteiger partial charge in [-0.3, -0.25) is 0 Å². The number of nitrogens with one attached hydrogen (secondary N) is 1. The van der Waals surface area contributed by atoms with Crippen LogP contribution in [-0.2, 0) is 0 Å². The Morgan fingerprint density at radius 2 is 2.15 bits per heavy atom. The summed E-state index contributed by atoms with van der Waals surface area (Å²) in [5.41, 5.74) is 9.18. The van der Waals surface area contributed by atoms with Crippen LogP contribution < -0.4 is 11.1 Å². The van der Waals surface area contributed by atoms with Crippen LogP contribution in [0.5, 0.6) is 0 Å². The minimum Gasteiger partial charge on any atom is -0.397 e. The van der Waals surface area contributed by atoms with Crippen LogP contribution in [0.1, 0.15) is 17.8 Å². The van der Waals surface area contributed by atoms with Crippen molar-refractivity contribution in [2.75, 3.05) is 30.7 Å². The molecule has 0 radical (unpaired) electrons. The second-order valence-electron chi connectivity index (χ2n) is 6.03. The van der Waals surface area contributed by atoms with Gasteiger partial charge in [0.15, 0.2) is 0 Å². The third-order valence-corrected chi connectivity index (χ3v) is 5.60. The van der Waals surface area contributed by atoms with Gasteiger partial charge in [0.05, 0.1) is 26.6 Å². The summed E-state index contributed by atoms with van der Waals surface area (Å²) in [5, 5.41) is 4.78. The molecule has 5 heteroatoms. The maximum absolute atomic E-state index is 6.21. The molecule has 3 aliphatic rings. The summed E-state index contributed by atoms with van der Waals surface area (Å²) in [6.07, 6.45) is 2.63. The lowest BCUT2D eigenvalue weighted by Gasteiger charge is -2.45. The number of thiazole rings is 1. The lowest BCUT2D eigenvalue weighted by atomic mass is 9.84. The van der Waals surface area contributed by atoms with E-state index >= 15 is 0 Å². The van der Waals surface area contributed by atoms with Crippen molar-refractivity contribution in [1.82, 2.24) is 9.88 Å². The Morgan fingerprint density at radius 3 is 2.85 bits per heavy atom. The van der Waals surface area contributed by atoms with E-state index in [2.05, 4.69) is 27.3 Å². The highest BCUT2D eigenvalue weighted by Crippen LogP contribution is 2.34. The lowest BCUT2D eigenvalue weighted by Crippen LogP contribution is -2.53. The first-order chi connectivity index (χ1) is 9.69. The smallest absolute Gasteiger partial charge is 0.0907 e. The number of aryl methyl sites for hydroxylation is 1. The first-order valence-electron chi connectivity index (χ1n) is 7.34. The number of hydrogen-bond donors (Lipinski definition) is 2. The minimum atomic E-state index is 0.539. The highest BCUT2D eigenvalue weighted by Gasteiger charge is 2.34. The summed E-state index contributed by atoms with van der Waals surface area (Å²) in [6.45, 7) is 5.73. The van der Waals surface area contributed by atoms with Gasteiger partial charge in [0, 0.05) is 12.6 Å². The van der Waals surface area contributed by atoms with Gasteiger partial charge < -0.3 is 16.0 Å². The summed E-state index contributed by atoms with van der Waals surface area (Å²) in [4.78, 5) is 7.12. The molecule has 1 aromatic carbocycles. The molecular weight excluding hydrogens is 268 g/mol. The molecule has 2 aromatic rings. The second-order valence-corrected chi connectivity index (χ2v) is 7.26. The molecule has 2 bridgehead atoms. The fourth-order valence-electron chi connectivity index (χ4n) is 3.56. The van der Waals surface area contributed by atoms with Crippen molar-refractivity contribution in [2.45, 2.75) is 25.8 Å². The predicted molar refractivity (Wildman–Crippen MR) is 85.3 cm³/mol. The summed E-state index contributed by atoms with van der Waals surface area (Å²) < 4.78 is 1.18. The van der Waals surface area contributed by atoms with E-state index in [4.69, 9.17) is 5.73 Å². The topological polar surface area (TPSA) is 54.2 Å². The van der Waals surface area contributed by atoms with Crippen molar-refractivity contribution in [1.29, 1.82) is 0 Å². The molecule has 3 saturated heterocycles. The second kappa shape index (κ2) is 4.60. The predicted octanol–water partition coefficient (Wildman–Crippen LogP) is 2.69. The van der Waals surface area contributed by atoms with Crippen LogP contribution in [0.2, 0.25) is 0 Å². The van der Waals surface area contributed by atoms with Crippen LogP contribution in [0.25, 0.3) is 10.2 Å². The quantitative estimate of drug-likeness (QED) is 0.834. The summed E-state index contributed by atoms with van der Waals surface area (Å²) in [5.74, 6) is 0.798. The van der Waals surface area contributed by atoms with Crippen molar-refractivity contribution >= 4 is 32.9 Å². The molecule has 0 spiro atoms. The van der Waals surface area contributed by atoms with Gasteiger partial charge in [-0.05, 0) is 50.9 Å². The van der Waals surface area contributed by atoms with E-state index in [9.17, 15) is 0 Å². The van der Waals surface area contributed by atoms with Gasteiger partial charge in [0.2, 0.25) is 0 Å². The highest BCUT2D eigenvalue weighted by atomic mass is 32.1. The molecule has 3 aliphatic heterocycles. The molecule has 20 heavy (non-hydrogen) atoms. The van der Waals surface area contributed by atoms with Gasteiger partial charge in [-0.2, -0.15) is 0 Å². The third-order valence-electron chi connectivity index (χ3n) is 4.66. The Hall–Kier alpha value is -1.33. The van der Waals surface area contributed by atoms with Crippen LogP contribution in [0.4, 0.5) is 11.4 Å². The van der Waals surface area contributed by atoms with Crippen LogP contribution in [-0.4, -0.2) is 35.6 Å². The number of nitrogen functional groups attached to an aromatic ring is 1. The number of benzene rings is 1. The fourth-order valence-corrected chi connectivity index (χ4v) is 4.42. The molecule has 4 heterocycles. The molecule has 1 unspecified atom stereocenters. The molecule has 0 amide bonds. The first kappa shape index (κ1) is 12.4. The lowest BCUT2D eigenvalue weighted by molar-refractivity contribution is 0.0975. The summed E-state index contributed by atoms with van der Waals surface area (Å²) in [6, 6.07) is 4.71. The van der Waals surface area contributed by atoms with E-state index < -0.39 is 0 Å². The van der Waals surface area contributed by atoms with Gasteiger partial charge in [0.25, 0.3) is 0 Å². The molecule has 1 aromatic heterocycles. The van der Waals surface area contributed by atoms with Gasteiger partial charge in [-0.1, -0.05) is 0 Å². The highest BCUT2D eigenvalue weighted by molar-refractivity contribution is 7.18. The number of nitrogens with two attached hydrogens (primary N) is 1. The monoisotopic (exact) mass is 288 g/mol.